The van der Waals surface area contributed by atoms with Crippen molar-refractivity contribution in [2.45, 2.75) is 20.8 Å². The molecule has 32 heavy (non-hydrogen) atoms. The van der Waals surface area contributed by atoms with Gasteiger partial charge in [0, 0.05) is 16.3 Å². The smallest absolute Gasteiger partial charge is 0.145 e. The lowest BCUT2D eigenvalue weighted by molar-refractivity contribution is 1.24. The molecule has 6 rings (SSSR count). The summed E-state index contributed by atoms with van der Waals surface area (Å²) < 4.78 is 2.35. The van der Waals surface area contributed by atoms with Crippen LogP contribution < -0.4 is 0 Å². The number of imidazole rings is 1. The molecule has 0 aliphatic rings. The second-order valence-corrected chi connectivity index (χ2v) is 8.72. The lowest BCUT2D eigenvalue weighted by Gasteiger charge is -2.15. The molecule has 0 aliphatic heterocycles. The number of aromatic nitrogens is 2. The van der Waals surface area contributed by atoms with E-state index in [0.717, 1.165) is 11.3 Å². The van der Waals surface area contributed by atoms with Crippen molar-refractivity contribution in [3.05, 3.63) is 108 Å². The van der Waals surface area contributed by atoms with Crippen LogP contribution in [-0.2, 0) is 0 Å². The van der Waals surface area contributed by atoms with E-state index in [-0.39, 0.29) is 0 Å². The summed E-state index contributed by atoms with van der Waals surface area (Å²) in [5.41, 5.74) is 10.9. The molecule has 0 aliphatic carbocycles. The number of hydrogen-bond donors (Lipinski definition) is 0. The van der Waals surface area contributed by atoms with Crippen LogP contribution in [0.4, 0.5) is 0 Å². The fraction of sp³-hybridized carbons (Fsp3) is 0.100. The van der Waals surface area contributed by atoms with E-state index in [0.29, 0.717) is 0 Å². The molecule has 2 nitrogen and oxygen atoms in total. The minimum Gasteiger partial charge on any atom is -0.292 e. The molecule has 0 fully saturated rings. The number of pyridine rings is 1. The fourth-order valence-electron chi connectivity index (χ4n) is 5.09. The summed E-state index contributed by atoms with van der Waals surface area (Å²) >= 11 is 0. The van der Waals surface area contributed by atoms with Gasteiger partial charge in [-0.2, -0.15) is 0 Å². The molecule has 0 N–H and O–H groups in total. The van der Waals surface area contributed by atoms with Gasteiger partial charge in [-0.05, 0) is 60.0 Å². The summed E-state index contributed by atoms with van der Waals surface area (Å²) in [4.78, 5) is 4.93. The van der Waals surface area contributed by atoms with Gasteiger partial charge in [-0.3, -0.25) is 4.40 Å². The third kappa shape index (κ3) is 2.76. The SMILES string of the molecule is Cc1ccc2c3ccccc3c3ncc(-c4c(C)cc(-c5ccccc5)cc4C)n3c2c1. The number of benzene rings is 4. The fourth-order valence-corrected chi connectivity index (χ4v) is 5.09. The number of fused-ring (bicyclic) bond motifs is 6. The maximum atomic E-state index is 4.93. The Kier molecular flexibility index (Phi) is 4.16. The molecule has 0 radical (unpaired) electrons. The van der Waals surface area contributed by atoms with Gasteiger partial charge < -0.3 is 0 Å². The van der Waals surface area contributed by atoms with Gasteiger partial charge >= 0.3 is 0 Å². The van der Waals surface area contributed by atoms with Crippen LogP contribution in [0.15, 0.2) is 91.1 Å². The summed E-state index contributed by atoms with van der Waals surface area (Å²) in [6.07, 6.45) is 2.04. The highest BCUT2D eigenvalue weighted by Gasteiger charge is 2.17. The van der Waals surface area contributed by atoms with E-state index in [2.05, 4.69) is 110 Å². The summed E-state index contributed by atoms with van der Waals surface area (Å²) in [7, 11) is 0. The summed E-state index contributed by atoms with van der Waals surface area (Å²) in [6, 6.07) is 30.5. The quantitative estimate of drug-likeness (QED) is 0.264. The van der Waals surface area contributed by atoms with Crippen LogP contribution in [0.5, 0.6) is 0 Å². The van der Waals surface area contributed by atoms with E-state index in [1.165, 1.54) is 55.1 Å². The zero-order chi connectivity index (χ0) is 21.8. The van der Waals surface area contributed by atoms with Crippen molar-refractivity contribution in [2.24, 2.45) is 0 Å². The predicted molar refractivity (Wildman–Crippen MR) is 135 cm³/mol. The highest BCUT2D eigenvalue weighted by molar-refractivity contribution is 6.12. The van der Waals surface area contributed by atoms with E-state index in [1.54, 1.807) is 0 Å². The summed E-state index contributed by atoms with van der Waals surface area (Å²) in [5, 5.41) is 3.69. The first-order valence-corrected chi connectivity index (χ1v) is 11.1. The molecule has 0 saturated heterocycles. The molecule has 4 aromatic carbocycles. The third-order valence-corrected chi connectivity index (χ3v) is 6.51. The molecule has 0 unspecified atom stereocenters. The van der Waals surface area contributed by atoms with Gasteiger partial charge in [-0.25, -0.2) is 4.98 Å². The molecule has 0 amide bonds. The number of aryl methyl sites for hydroxylation is 3. The summed E-state index contributed by atoms with van der Waals surface area (Å²) in [6.45, 7) is 6.58. The molecule has 0 bridgehead atoms. The van der Waals surface area contributed by atoms with Gasteiger partial charge in [0.15, 0.2) is 0 Å². The van der Waals surface area contributed by atoms with Gasteiger partial charge in [-0.1, -0.05) is 78.9 Å². The van der Waals surface area contributed by atoms with E-state index in [9.17, 15) is 0 Å². The topological polar surface area (TPSA) is 17.3 Å². The first-order chi connectivity index (χ1) is 15.6. The number of rotatable bonds is 2. The minimum absolute atomic E-state index is 1.01. The van der Waals surface area contributed by atoms with Crippen LogP contribution in [0.2, 0.25) is 0 Å². The van der Waals surface area contributed by atoms with E-state index in [4.69, 9.17) is 4.98 Å². The van der Waals surface area contributed by atoms with E-state index < -0.39 is 0 Å². The van der Waals surface area contributed by atoms with Gasteiger partial charge in [0.25, 0.3) is 0 Å². The summed E-state index contributed by atoms with van der Waals surface area (Å²) in [5.74, 6) is 0. The predicted octanol–water partition coefficient (Wildman–Crippen LogP) is 7.90. The van der Waals surface area contributed by atoms with Crippen LogP contribution in [0, 0.1) is 20.8 Å². The van der Waals surface area contributed by atoms with Crippen LogP contribution in [-0.4, -0.2) is 9.38 Å². The Labute approximate surface area is 187 Å². The molecule has 0 saturated carbocycles. The van der Waals surface area contributed by atoms with Gasteiger partial charge in [0.05, 0.1) is 17.4 Å². The Hall–Kier alpha value is -3.91. The first-order valence-electron chi connectivity index (χ1n) is 11.1. The second-order valence-electron chi connectivity index (χ2n) is 8.72. The molecular formula is C30H24N2. The highest BCUT2D eigenvalue weighted by atomic mass is 15.0. The maximum absolute atomic E-state index is 4.93. The Morgan fingerprint density at radius 3 is 2.06 bits per heavy atom. The highest BCUT2D eigenvalue weighted by Crippen LogP contribution is 2.37. The zero-order valence-corrected chi connectivity index (χ0v) is 18.6. The molecule has 2 aromatic heterocycles. The minimum atomic E-state index is 1.01. The van der Waals surface area contributed by atoms with Crippen LogP contribution in [0.25, 0.3) is 49.7 Å². The van der Waals surface area contributed by atoms with E-state index in [1.807, 2.05) is 6.20 Å². The van der Waals surface area contributed by atoms with Gasteiger partial charge in [0.2, 0.25) is 0 Å². The Bertz CT molecular complexity index is 1620. The number of hydrogen-bond acceptors (Lipinski definition) is 1. The second kappa shape index (κ2) is 7.06. The third-order valence-electron chi connectivity index (χ3n) is 6.51. The molecule has 6 aromatic rings. The lowest BCUT2D eigenvalue weighted by Crippen LogP contribution is -1.97. The standard InChI is InChI=1S/C30H24N2/c1-19-13-14-25-24-11-7-8-12-26(24)30-31-18-28(32(30)27(25)15-19)29-20(2)16-23(17-21(29)3)22-9-5-4-6-10-22/h4-18H,1-3H3. The largest absolute Gasteiger partial charge is 0.292 e. The van der Waals surface area contributed by atoms with Crippen molar-refractivity contribution >= 4 is 27.3 Å². The van der Waals surface area contributed by atoms with Gasteiger partial charge in [-0.15, -0.1) is 0 Å². The molecule has 154 valence electrons. The maximum Gasteiger partial charge on any atom is 0.145 e. The molecule has 0 spiro atoms. The molecule has 0 atom stereocenters. The zero-order valence-electron chi connectivity index (χ0n) is 18.6. The lowest BCUT2D eigenvalue weighted by atomic mass is 9.94. The first kappa shape index (κ1) is 18.8. The van der Waals surface area contributed by atoms with E-state index >= 15 is 0 Å². The molecule has 2 heterocycles. The Morgan fingerprint density at radius 2 is 1.31 bits per heavy atom. The van der Waals surface area contributed by atoms with Crippen LogP contribution in [0.3, 0.4) is 0 Å². The van der Waals surface area contributed by atoms with Crippen LogP contribution in [0.1, 0.15) is 16.7 Å². The van der Waals surface area contributed by atoms with Crippen molar-refractivity contribution in [3.8, 4) is 22.4 Å². The molecule has 2 heteroatoms. The van der Waals surface area contributed by atoms with Crippen molar-refractivity contribution in [3.63, 3.8) is 0 Å². The number of nitrogens with zero attached hydrogens (tertiary/aromatic N) is 2. The average Bonchev–Trinajstić information content (AvgIpc) is 3.24. The monoisotopic (exact) mass is 412 g/mol. The Balaban J connectivity index is 1.70. The van der Waals surface area contributed by atoms with Crippen LogP contribution >= 0.6 is 0 Å². The average molecular weight is 413 g/mol. The van der Waals surface area contributed by atoms with Crippen molar-refractivity contribution in [1.82, 2.24) is 9.38 Å². The normalized spacial score (nSPS) is 11.6. The van der Waals surface area contributed by atoms with Gasteiger partial charge in [0.1, 0.15) is 5.65 Å². The molecular weight excluding hydrogens is 388 g/mol. The van der Waals surface area contributed by atoms with Crippen molar-refractivity contribution in [1.29, 1.82) is 0 Å². The Morgan fingerprint density at radius 1 is 0.625 bits per heavy atom. The van der Waals surface area contributed by atoms with Crippen molar-refractivity contribution < 1.29 is 0 Å². The van der Waals surface area contributed by atoms with Crippen molar-refractivity contribution in [2.75, 3.05) is 0 Å².